The molecule has 1 heterocycles. The van der Waals surface area contributed by atoms with E-state index in [0.717, 1.165) is 11.0 Å². The van der Waals surface area contributed by atoms with Crippen LogP contribution in [0.15, 0.2) is 42.5 Å². The van der Waals surface area contributed by atoms with Crippen molar-refractivity contribution < 1.29 is 28.6 Å². The molecule has 0 saturated carbocycles. The van der Waals surface area contributed by atoms with Crippen LogP contribution in [0, 0.1) is 11.7 Å². The summed E-state index contributed by atoms with van der Waals surface area (Å²) < 4.78 is 23.4. The van der Waals surface area contributed by atoms with Gasteiger partial charge in [-0.15, -0.1) is 0 Å². The zero-order valence-corrected chi connectivity index (χ0v) is 21.3. The summed E-state index contributed by atoms with van der Waals surface area (Å²) >= 11 is 0.639. The molecule has 3 aromatic rings. The molecule has 10 nitrogen and oxygen atoms in total. The molecule has 0 saturated heterocycles. The van der Waals surface area contributed by atoms with Crippen molar-refractivity contribution in [2.75, 3.05) is 24.3 Å². The molecule has 1 atom stereocenters. The lowest BCUT2D eigenvalue weighted by Gasteiger charge is -2.31. The van der Waals surface area contributed by atoms with Crippen molar-refractivity contribution in [1.29, 1.82) is 0 Å². The zero-order valence-electron chi connectivity index (χ0n) is 20.5. The fourth-order valence-electron chi connectivity index (χ4n) is 3.61. The maximum absolute atomic E-state index is 14.3. The summed E-state index contributed by atoms with van der Waals surface area (Å²) in [5.41, 5.74) is 11.1. The van der Waals surface area contributed by atoms with Crippen LogP contribution in [0.5, 0.6) is 11.5 Å². The number of carbonyl (C=O) groups excluding carboxylic acids is 3. The highest BCUT2D eigenvalue weighted by Crippen LogP contribution is 2.36. The van der Waals surface area contributed by atoms with Crippen LogP contribution in [-0.2, 0) is 4.79 Å². The quantitative estimate of drug-likeness (QED) is 0.313. The van der Waals surface area contributed by atoms with Crippen LogP contribution >= 0.6 is 11.5 Å². The summed E-state index contributed by atoms with van der Waals surface area (Å²) in [6.07, 6.45) is 0.676. The minimum absolute atomic E-state index is 0.0504. The Kier molecular flexibility index (Phi) is 8.66. The predicted molar refractivity (Wildman–Crippen MR) is 138 cm³/mol. The monoisotopic (exact) mass is 529 g/mol. The van der Waals surface area contributed by atoms with Gasteiger partial charge in [0, 0.05) is 12.2 Å². The lowest BCUT2D eigenvalue weighted by atomic mass is 10.0. The smallest absolute Gasteiger partial charge is 0.273 e. The summed E-state index contributed by atoms with van der Waals surface area (Å²) in [5, 5.41) is 12.9. The van der Waals surface area contributed by atoms with E-state index in [9.17, 15) is 23.9 Å². The predicted octanol–water partition coefficient (Wildman–Crippen LogP) is 3.23. The Morgan fingerprint density at radius 1 is 1.22 bits per heavy atom. The lowest BCUT2D eigenvalue weighted by Crippen LogP contribution is -2.44. The summed E-state index contributed by atoms with van der Waals surface area (Å²) in [6, 6.07) is 7.98. The van der Waals surface area contributed by atoms with Gasteiger partial charge in [-0.2, -0.15) is 4.37 Å². The highest BCUT2D eigenvalue weighted by molar-refractivity contribution is 7.09. The SMILES string of the molecule is COc1cc([C@@H](C(=O)NCCC(C)C)N(C(=O)c2snc(C(N)=O)c2N)c2cccc(F)c2)ccc1O. The first-order chi connectivity index (χ1) is 17.5. The molecule has 0 aliphatic carbocycles. The van der Waals surface area contributed by atoms with Gasteiger partial charge >= 0.3 is 0 Å². The number of hydrogen-bond donors (Lipinski definition) is 4. The van der Waals surface area contributed by atoms with E-state index in [1.165, 1.54) is 43.5 Å². The standard InChI is InChI=1S/C25H28FN5O5S/c1-13(2)9-10-29-24(34)21(14-7-8-17(32)18(11-14)36-3)31(16-6-4-5-15(26)12-16)25(35)22-19(27)20(23(28)33)30-37-22/h4-8,11-13,21,32H,9-10,27H2,1-3H3,(H2,28,33)(H,29,34)/t21-/m0/s1. The number of carbonyl (C=O) groups is 3. The Morgan fingerprint density at radius 2 is 1.95 bits per heavy atom. The Morgan fingerprint density at radius 3 is 2.54 bits per heavy atom. The zero-order chi connectivity index (χ0) is 27.3. The van der Waals surface area contributed by atoms with Crippen molar-refractivity contribution in [2.24, 2.45) is 11.7 Å². The van der Waals surface area contributed by atoms with Gasteiger partial charge in [-0.25, -0.2) is 4.39 Å². The number of nitrogens with one attached hydrogen (secondary N) is 1. The third-order valence-electron chi connectivity index (χ3n) is 5.51. The molecule has 3 amide bonds. The number of nitrogen functional groups attached to an aromatic ring is 1. The normalized spacial score (nSPS) is 11.7. The van der Waals surface area contributed by atoms with E-state index in [1.54, 1.807) is 0 Å². The van der Waals surface area contributed by atoms with E-state index in [2.05, 4.69) is 9.69 Å². The first-order valence-corrected chi connectivity index (χ1v) is 12.1. The summed E-state index contributed by atoms with van der Waals surface area (Å²) in [7, 11) is 1.34. The first-order valence-electron chi connectivity index (χ1n) is 11.3. The number of halogens is 1. The van der Waals surface area contributed by atoms with Crippen LogP contribution < -0.4 is 26.4 Å². The second-order valence-corrected chi connectivity index (χ2v) is 9.37. The number of primary amides is 1. The third-order valence-corrected chi connectivity index (χ3v) is 6.36. The molecule has 2 aromatic carbocycles. The second kappa shape index (κ2) is 11.7. The van der Waals surface area contributed by atoms with Gasteiger partial charge in [-0.3, -0.25) is 19.3 Å². The highest BCUT2D eigenvalue weighted by Gasteiger charge is 2.36. The van der Waals surface area contributed by atoms with Gasteiger partial charge in [-0.05, 0) is 59.8 Å². The summed E-state index contributed by atoms with van der Waals surface area (Å²) in [4.78, 5) is 40.1. The average molecular weight is 530 g/mol. The van der Waals surface area contributed by atoms with Gasteiger partial charge in [0.15, 0.2) is 17.2 Å². The van der Waals surface area contributed by atoms with E-state index < -0.39 is 29.6 Å². The van der Waals surface area contributed by atoms with E-state index in [-0.39, 0.29) is 39.0 Å². The van der Waals surface area contributed by atoms with E-state index >= 15 is 0 Å². The number of nitrogens with zero attached hydrogens (tertiary/aromatic N) is 2. The molecular formula is C25H28FN5O5S. The topological polar surface area (TPSA) is 161 Å². The molecule has 0 unspecified atom stereocenters. The molecule has 0 bridgehead atoms. The van der Waals surface area contributed by atoms with Crippen LogP contribution in [0.3, 0.4) is 0 Å². The fraction of sp³-hybridized carbons (Fsp3) is 0.280. The number of hydrogen-bond acceptors (Lipinski definition) is 8. The number of nitrogens with two attached hydrogens (primary N) is 2. The maximum Gasteiger partial charge on any atom is 0.273 e. The number of aromatic hydroxyl groups is 1. The number of ether oxygens (including phenoxy) is 1. The van der Waals surface area contributed by atoms with Crippen LogP contribution in [0.1, 0.15) is 52.0 Å². The van der Waals surface area contributed by atoms with Gasteiger partial charge in [0.2, 0.25) is 5.91 Å². The van der Waals surface area contributed by atoms with Crippen molar-refractivity contribution in [2.45, 2.75) is 26.3 Å². The Bertz CT molecular complexity index is 1310. The molecule has 3 rings (SSSR count). The molecule has 196 valence electrons. The largest absolute Gasteiger partial charge is 0.504 e. The van der Waals surface area contributed by atoms with E-state index in [1.807, 2.05) is 13.8 Å². The van der Waals surface area contributed by atoms with Gasteiger partial charge in [0.1, 0.15) is 16.7 Å². The average Bonchev–Trinajstić information content (AvgIpc) is 3.23. The number of aromatic nitrogens is 1. The molecule has 6 N–H and O–H groups in total. The molecule has 37 heavy (non-hydrogen) atoms. The second-order valence-electron chi connectivity index (χ2n) is 8.60. The van der Waals surface area contributed by atoms with Crippen LogP contribution in [0.2, 0.25) is 0 Å². The van der Waals surface area contributed by atoms with Crippen molar-refractivity contribution >= 4 is 40.6 Å². The van der Waals surface area contributed by atoms with Gasteiger partial charge in [0.05, 0.1) is 12.8 Å². The van der Waals surface area contributed by atoms with Crippen LogP contribution in [-0.4, -0.2) is 40.9 Å². The Balaban J connectivity index is 2.21. The summed E-state index contributed by atoms with van der Waals surface area (Å²) in [6.45, 7) is 4.32. The molecule has 0 aliphatic rings. The summed E-state index contributed by atoms with van der Waals surface area (Å²) in [5.74, 6) is -2.74. The van der Waals surface area contributed by atoms with Gasteiger partial charge in [0.25, 0.3) is 11.8 Å². The molecule has 12 heteroatoms. The minimum Gasteiger partial charge on any atom is -0.504 e. The van der Waals surface area contributed by atoms with E-state index in [4.69, 9.17) is 16.2 Å². The molecular weight excluding hydrogens is 501 g/mol. The van der Waals surface area contributed by atoms with Crippen molar-refractivity contribution in [3.05, 3.63) is 64.4 Å². The van der Waals surface area contributed by atoms with Crippen LogP contribution in [0.4, 0.5) is 15.8 Å². The molecule has 1 aromatic heterocycles. The number of anilines is 2. The maximum atomic E-state index is 14.3. The van der Waals surface area contributed by atoms with Gasteiger partial charge < -0.3 is 26.6 Å². The van der Waals surface area contributed by atoms with E-state index in [0.29, 0.717) is 30.4 Å². The van der Waals surface area contributed by atoms with Crippen molar-refractivity contribution in [1.82, 2.24) is 9.69 Å². The number of phenolic OH excluding ortho intramolecular Hbond substituents is 1. The molecule has 0 fully saturated rings. The molecule has 0 radical (unpaired) electrons. The number of benzene rings is 2. The highest BCUT2D eigenvalue weighted by atomic mass is 32.1. The third kappa shape index (κ3) is 6.15. The van der Waals surface area contributed by atoms with Crippen molar-refractivity contribution in [3.8, 4) is 11.5 Å². The lowest BCUT2D eigenvalue weighted by molar-refractivity contribution is -0.122. The molecule has 0 aliphatic heterocycles. The minimum atomic E-state index is -1.34. The molecule has 0 spiro atoms. The fourth-order valence-corrected chi connectivity index (χ4v) is 4.35. The van der Waals surface area contributed by atoms with Crippen molar-refractivity contribution in [3.63, 3.8) is 0 Å². The number of amides is 3. The Hall–Kier alpha value is -4.19. The number of rotatable bonds is 10. The Labute approximate surface area is 217 Å². The van der Waals surface area contributed by atoms with Gasteiger partial charge in [-0.1, -0.05) is 26.0 Å². The van der Waals surface area contributed by atoms with Crippen LogP contribution in [0.25, 0.3) is 0 Å². The first kappa shape index (κ1) is 27.4. The number of methoxy groups -OCH3 is 1. The number of phenols is 1.